The molecule has 0 heterocycles. The fourth-order valence-corrected chi connectivity index (χ4v) is 2.88. The average Bonchev–Trinajstić information content (AvgIpc) is 2.71. The zero-order chi connectivity index (χ0) is 28.4. The molecular weight excluding hydrogens is 511 g/mol. The number of hydrogen-bond donors (Lipinski definition) is 6. The number of carboxylic acids is 5. The number of unbranched alkanes of at least 4 members (excludes halogenated alkanes) is 7. The Morgan fingerprint density at radius 1 is 0.649 bits per heavy atom. The van der Waals surface area contributed by atoms with Crippen molar-refractivity contribution in [1.29, 1.82) is 0 Å². The van der Waals surface area contributed by atoms with E-state index in [4.69, 9.17) is 30.3 Å². The predicted octanol–water partition coefficient (Wildman–Crippen LogP) is -3.23. The molecule has 37 heavy (non-hydrogen) atoms. The van der Waals surface area contributed by atoms with E-state index in [0.29, 0.717) is 6.42 Å². The maximum absolute atomic E-state index is 11.5. The van der Waals surface area contributed by atoms with Crippen molar-refractivity contribution >= 4 is 35.8 Å². The smallest absolute Gasteiger partial charge is 0.550 e. The Labute approximate surface area is 235 Å². The van der Waals surface area contributed by atoms with Gasteiger partial charge in [0.25, 0.3) is 0 Å². The van der Waals surface area contributed by atoms with E-state index < -0.39 is 72.7 Å². The van der Waals surface area contributed by atoms with Crippen molar-refractivity contribution in [3.8, 4) is 0 Å². The van der Waals surface area contributed by atoms with Crippen LogP contribution in [0.4, 0.5) is 0 Å². The fourth-order valence-electron chi connectivity index (χ4n) is 2.88. The van der Waals surface area contributed by atoms with Crippen LogP contribution in [0.2, 0.25) is 0 Å². The third-order valence-corrected chi connectivity index (χ3v) is 4.82. The number of ether oxygens (including phenoxy) is 1. The van der Waals surface area contributed by atoms with Crippen LogP contribution in [0.3, 0.4) is 0 Å². The van der Waals surface area contributed by atoms with Crippen LogP contribution in [0.15, 0.2) is 0 Å². The molecule has 0 saturated carbocycles. The van der Waals surface area contributed by atoms with E-state index in [-0.39, 0.29) is 36.2 Å². The molecule has 0 aromatic rings. The normalized spacial score (nSPS) is 13.4. The molecule has 0 rings (SSSR count). The molecule has 15 heteroatoms. The number of esters is 1. The average molecular weight is 546 g/mol. The number of carbonyl (C=O) groups is 6. The van der Waals surface area contributed by atoms with Crippen LogP contribution >= 0.6 is 0 Å². The van der Waals surface area contributed by atoms with E-state index in [2.05, 4.69) is 6.92 Å². The molecule has 208 valence electrons. The van der Waals surface area contributed by atoms with Crippen molar-refractivity contribution in [2.45, 2.75) is 95.2 Å². The van der Waals surface area contributed by atoms with Gasteiger partial charge in [-0.15, -0.1) is 0 Å². The van der Waals surface area contributed by atoms with Gasteiger partial charge in [-0.05, 0) is 6.42 Å². The van der Waals surface area contributed by atoms with Crippen LogP contribution in [0.25, 0.3) is 0 Å². The first-order valence-electron chi connectivity index (χ1n) is 11.3. The van der Waals surface area contributed by atoms with Gasteiger partial charge in [0.1, 0.15) is 0 Å². The summed E-state index contributed by atoms with van der Waals surface area (Å²) in [7, 11) is 0. The van der Waals surface area contributed by atoms with E-state index >= 15 is 0 Å². The molecule has 0 aliphatic heterocycles. The van der Waals surface area contributed by atoms with Gasteiger partial charge in [-0.25, -0.2) is 9.59 Å². The standard InChI is InChI=1S/C16H28O7.C6H8O7.Na/c1-2-3-4-5-6-7-8-9-10-23-14(19)12-16(22,15(20)21)11-13(17)18;7-3(8)1-6(13,5(11)12)2-4(9)10;/h22H,2-12H2,1H3,(H,17,18)(H,20,21);13H,1-2H2,(H,7,8)(H,9,10)(H,11,12);/q;;+1/p-1. The SMILES string of the molecule is CCCCCCCCCCOC(=O)CC(O)(CC(=O)O)C(=O)O.O=C([O-])CC(O)(CC(=O)O)C(=O)O.[Na+]. The van der Waals surface area contributed by atoms with Gasteiger partial charge in [0.05, 0.1) is 25.9 Å². The molecule has 0 aliphatic rings. The van der Waals surface area contributed by atoms with Gasteiger partial charge in [-0.1, -0.05) is 51.9 Å². The Kier molecular flexibility index (Phi) is 22.0. The maximum Gasteiger partial charge on any atom is 1.00 e. The minimum absolute atomic E-state index is 0. The van der Waals surface area contributed by atoms with Crippen LogP contribution < -0.4 is 34.7 Å². The number of aliphatic hydroxyl groups is 2. The number of aliphatic carboxylic acids is 5. The summed E-state index contributed by atoms with van der Waals surface area (Å²) in [4.78, 5) is 63.3. The first-order chi connectivity index (χ1) is 16.6. The Bertz CT molecular complexity index is 738. The largest absolute Gasteiger partial charge is 1.00 e. The zero-order valence-electron chi connectivity index (χ0n) is 21.1. The molecule has 0 aliphatic carbocycles. The van der Waals surface area contributed by atoms with E-state index in [0.717, 1.165) is 19.3 Å². The third-order valence-electron chi connectivity index (χ3n) is 4.82. The molecule has 6 N–H and O–H groups in total. The van der Waals surface area contributed by atoms with Gasteiger partial charge in [0, 0.05) is 12.4 Å². The molecule has 0 amide bonds. The second-order valence-electron chi connectivity index (χ2n) is 8.24. The fraction of sp³-hybridized carbons (Fsp3) is 0.727. The molecule has 0 saturated heterocycles. The van der Waals surface area contributed by atoms with Crippen LogP contribution in [0, 0.1) is 0 Å². The summed E-state index contributed by atoms with van der Waals surface area (Å²) < 4.78 is 4.86. The maximum atomic E-state index is 11.5. The van der Waals surface area contributed by atoms with Gasteiger partial charge < -0.3 is 45.3 Å². The van der Waals surface area contributed by atoms with Crippen molar-refractivity contribution in [2.75, 3.05) is 6.61 Å². The van der Waals surface area contributed by atoms with Crippen LogP contribution in [-0.4, -0.2) is 84.3 Å². The molecule has 0 spiro atoms. The summed E-state index contributed by atoms with van der Waals surface area (Å²) in [6.45, 7) is 2.31. The van der Waals surface area contributed by atoms with E-state index in [1.165, 1.54) is 25.7 Å². The number of hydrogen-bond acceptors (Lipinski definition) is 10. The van der Waals surface area contributed by atoms with Crippen molar-refractivity contribution in [3.05, 3.63) is 0 Å². The molecule has 0 fully saturated rings. The minimum atomic E-state index is -2.80. The summed E-state index contributed by atoms with van der Waals surface area (Å²) in [6, 6.07) is 0. The van der Waals surface area contributed by atoms with Crippen LogP contribution in [0.1, 0.15) is 84.0 Å². The van der Waals surface area contributed by atoms with E-state index in [1.807, 2.05) is 0 Å². The second kappa shape index (κ2) is 20.8. The van der Waals surface area contributed by atoms with Crippen molar-refractivity contribution in [2.24, 2.45) is 0 Å². The third kappa shape index (κ3) is 20.5. The topological polar surface area (TPSA) is 256 Å². The van der Waals surface area contributed by atoms with Crippen molar-refractivity contribution in [1.82, 2.24) is 0 Å². The summed E-state index contributed by atoms with van der Waals surface area (Å²) in [5.74, 6) is -9.48. The summed E-state index contributed by atoms with van der Waals surface area (Å²) in [5.41, 5.74) is -5.42. The molecular formula is C22H35NaO14. The quantitative estimate of drug-likeness (QED) is 0.0529. The molecule has 0 aromatic carbocycles. The molecule has 0 aromatic heterocycles. The minimum Gasteiger partial charge on any atom is -0.550 e. The van der Waals surface area contributed by atoms with E-state index in [1.54, 1.807) is 0 Å². The van der Waals surface area contributed by atoms with Crippen molar-refractivity contribution < 1.29 is 98.8 Å². The summed E-state index contributed by atoms with van der Waals surface area (Å²) in [6.07, 6.45) is 4.33. The van der Waals surface area contributed by atoms with Gasteiger partial charge in [0.2, 0.25) is 0 Å². The summed E-state index contributed by atoms with van der Waals surface area (Å²) in [5, 5.41) is 62.6. The van der Waals surface area contributed by atoms with Crippen LogP contribution in [-0.2, 0) is 33.5 Å². The zero-order valence-corrected chi connectivity index (χ0v) is 23.1. The first kappa shape index (κ1) is 39.3. The molecule has 0 bridgehead atoms. The van der Waals surface area contributed by atoms with Crippen molar-refractivity contribution in [3.63, 3.8) is 0 Å². The Hall–Kier alpha value is -2.26. The van der Waals surface area contributed by atoms with Gasteiger partial charge >= 0.3 is 59.4 Å². The Morgan fingerprint density at radius 2 is 1.03 bits per heavy atom. The van der Waals surface area contributed by atoms with Crippen LogP contribution in [0.5, 0.6) is 0 Å². The molecule has 2 atom stereocenters. The van der Waals surface area contributed by atoms with Gasteiger partial charge in [-0.2, -0.15) is 0 Å². The summed E-state index contributed by atoms with van der Waals surface area (Å²) >= 11 is 0. The number of rotatable bonds is 19. The monoisotopic (exact) mass is 546 g/mol. The molecule has 2 unspecified atom stereocenters. The number of carboxylic acid groups (broad SMARTS) is 5. The van der Waals surface area contributed by atoms with Gasteiger partial charge in [-0.3, -0.25) is 14.4 Å². The number of carbonyl (C=O) groups excluding carboxylic acids is 2. The Balaban J connectivity index is -0.000000704. The predicted molar refractivity (Wildman–Crippen MR) is 117 cm³/mol. The first-order valence-corrected chi connectivity index (χ1v) is 11.3. The second-order valence-corrected chi connectivity index (χ2v) is 8.24. The Morgan fingerprint density at radius 3 is 1.38 bits per heavy atom. The van der Waals surface area contributed by atoms with Gasteiger partial charge in [0.15, 0.2) is 11.2 Å². The molecule has 0 radical (unpaired) electrons. The molecule has 14 nitrogen and oxygen atoms in total. The van der Waals surface area contributed by atoms with E-state index in [9.17, 15) is 39.0 Å².